The zero-order valence-corrected chi connectivity index (χ0v) is 20.7. The highest BCUT2D eigenvalue weighted by atomic mass is 35.5. The Hall–Kier alpha value is -2.06. The zero-order chi connectivity index (χ0) is 23.1. The van der Waals surface area contributed by atoms with Crippen LogP contribution in [0, 0.1) is 0 Å². The molecule has 0 aliphatic rings. The van der Waals surface area contributed by atoms with E-state index in [2.05, 4.69) is 44.0 Å². The standard InChI is InChI=1S/C23H27Cl2N5OS/c1-4-20(29(2)3)22-27-28-23(30(22)14-16-8-6-5-7-9-16)32-15-21(31)26-13-17-10-11-18(24)12-19(17)25/h5-12,20H,4,13-15H2,1-3H3,(H,26,31)/t20-/m1/s1. The van der Waals surface area contributed by atoms with Crippen molar-refractivity contribution in [3.05, 3.63) is 75.5 Å². The van der Waals surface area contributed by atoms with Gasteiger partial charge in [0.1, 0.15) is 0 Å². The van der Waals surface area contributed by atoms with E-state index in [0.717, 1.165) is 28.5 Å². The molecule has 6 nitrogen and oxygen atoms in total. The van der Waals surface area contributed by atoms with Crippen molar-refractivity contribution in [1.82, 2.24) is 25.0 Å². The lowest BCUT2D eigenvalue weighted by atomic mass is 10.2. The molecule has 0 saturated carbocycles. The molecule has 1 amide bonds. The van der Waals surface area contributed by atoms with E-state index >= 15 is 0 Å². The number of carbonyl (C=O) groups is 1. The van der Waals surface area contributed by atoms with Crippen LogP contribution in [0.4, 0.5) is 0 Å². The average Bonchev–Trinajstić information content (AvgIpc) is 3.14. The van der Waals surface area contributed by atoms with Crippen molar-refractivity contribution < 1.29 is 4.79 Å². The molecular weight excluding hydrogens is 465 g/mol. The molecule has 2 aromatic carbocycles. The van der Waals surface area contributed by atoms with E-state index < -0.39 is 0 Å². The molecule has 0 saturated heterocycles. The molecule has 1 atom stereocenters. The van der Waals surface area contributed by atoms with Gasteiger partial charge in [-0.05, 0) is 43.8 Å². The second-order valence-corrected chi connectivity index (χ2v) is 9.39. The fourth-order valence-electron chi connectivity index (χ4n) is 3.39. The maximum atomic E-state index is 12.5. The van der Waals surface area contributed by atoms with Gasteiger partial charge in [0.2, 0.25) is 5.91 Å². The van der Waals surface area contributed by atoms with Gasteiger partial charge in [0, 0.05) is 16.6 Å². The molecule has 1 N–H and O–H groups in total. The number of benzene rings is 2. The van der Waals surface area contributed by atoms with Crippen molar-refractivity contribution >= 4 is 40.9 Å². The minimum atomic E-state index is -0.100. The molecule has 0 spiro atoms. The van der Waals surface area contributed by atoms with E-state index in [9.17, 15) is 4.79 Å². The number of nitrogens with one attached hydrogen (secondary N) is 1. The molecular formula is C23H27Cl2N5OS. The second-order valence-electron chi connectivity index (χ2n) is 7.60. The van der Waals surface area contributed by atoms with Crippen LogP contribution in [0.15, 0.2) is 53.7 Å². The van der Waals surface area contributed by atoms with Crippen LogP contribution in [-0.2, 0) is 17.9 Å². The molecule has 3 rings (SSSR count). The Labute approximate surface area is 203 Å². The van der Waals surface area contributed by atoms with Crippen LogP contribution in [0.1, 0.15) is 36.3 Å². The van der Waals surface area contributed by atoms with E-state index in [4.69, 9.17) is 23.2 Å². The quantitative estimate of drug-likeness (QED) is 0.401. The van der Waals surface area contributed by atoms with Crippen molar-refractivity contribution in [3.63, 3.8) is 0 Å². The molecule has 0 radical (unpaired) electrons. The zero-order valence-electron chi connectivity index (χ0n) is 18.4. The summed E-state index contributed by atoms with van der Waals surface area (Å²) < 4.78 is 2.11. The van der Waals surface area contributed by atoms with Crippen molar-refractivity contribution in [1.29, 1.82) is 0 Å². The van der Waals surface area contributed by atoms with Gasteiger partial charge in [-0.1, -0.05) is 78.3 Å². The topological polar surface area (TPSA) is 63.1 Å². The summed E-state index contributed by atoms with van der Waals surface area (Å²) in [6, 6.07) is 15.6. The fourth-order valence-corrected chi connectivity index (χ4v) is 4.64. The second kappa shape index (κ2) is 11.7. The van der Waals surface area contributed by atoms with Crippen molar-refractivity contribution in [2.75, 3.05) is 19.8 Å². The highest BCUT2D eigenvalue weighted by Crippen LogP contribution is 2.26. The molecule has 0 aliphatic heterocycles. The summed E-state index contributed by atoms with van der Waals surface area (Å²) >= 11 is 13.5. The minimum Gasteiger partial charge on any atom is -0.351 e. The normalized spacial score (nSPS) is 12.2. The van der Waals surface area contributed by atoms with Crippen LogP contribution in [0.2, 0.25) is 10.0 Å². The summed E-state index contributed by atoms with van der Waals surface area (Å²) in [4.78, 5) is 14.6. The Bertz CT molecular complexity index is 1040. The highest BCUT2D eigenvalue weighted by molar-refractivity contribution is 7.99. The monoisotopic (exact) mass is 491 g/mol. The van der Waals surface area contributed by atoms with Crippen LogP contribution >= 0.6 is 35.0 Å². The van der Waals surface area contributed by atoms with Crippen LogP contribution < -0.4 is 5.32 Å². The van der Waals surface area contributed by atoms with Gasteiger partial charge < -0.3 is 9.88 Å². The average molecular weight is 492 g/mol. The molecule has 0 bridgehead atoms. The number of rotatable bonds is 10. The molecule has 3 aromatic rings. The van der Waals surface area contributed by atoms with E-state index in [0.29, 0.717) is 23.1 Å². The van der Waals surface area contributed by atoms with Gasteiger partial charge in [-0.25, -0.2) is 0 Å². The molecule has 170 valence electrons. The number of thioether (sulfide) groups is 1. The number of halogens is 2. The van der Waals surface area contributed by atoms with E-state index in [-0.39, 0.29) is 17.7 Å². The van der Waals surface area contributed by atoms with Crippen molar-refractivity contribution in [3.8, 4) is 0 Å². The van der Waals surface area contributed by atoms with Crippen LogP contribution in [-0.4, -0.2) is 45.4 Å². The van der Waals surface area contributed by atoms with E-state index in [1.165, 1.54) is 11.8 Å². The van der Waals surface area contributed by atoms with Crippen LogP contribution in [0.3, 0.4) is 0 Å². The Kier molecular flexibility index (Phi) is 8.99. The van der Waals surface area contributed by atoms with Gasteiger partial charge >= 0.3 is 0 Å². The van der Waals surface area contributed by atoms with Gasteiger partial charge in [0.05, 0.1) is 18.3 Å². The van der Waals surface area contributed by atoms with Crippen LogP contribution in [0.25, 0.3) is 0 Å². The summed E-state index contributed by atoms with van der Waals surface area (Å²) in [5.74, 6) is 1.03. The van der Waals surface area contributed by atoms with Gasteiger partial charge in [0.25, 0.3) is 0 Å². The Balaban J connectivity index is 1.70. The highest BCUT2D eigenvalue weighted by Gasteiger charge is 2.22. The smallest absolute Gasteiger partial charge is 0.230 e. The lowest BCUT2D eigenvalue weighted by molar-refractivity contribution is -0.118. The third-order valence-electron chi connectivity index (χ3n) is 5.06. The van der Waals surface area contributed by atoms with Crippen molar-refractivity contribution in [2.24, 2.45) is 0 Å². The number of carbonyl (C=O) groups excluding carboxylic acids is 1. The molecule has 1 heterocycles. The number of hydrogen-bond donors (Lipinski definition) is 1. The first-order valence-corrected chi connectivity index (χ1v) is 12.1. The SMILES string of the molecule is CC[C@H](c1nnc(SCC(=O)NCc2ccc(Cl)cc2Cl)n1Cc1ccccc1)N(C)C. The first kappa shape index (κ1) is 24.6. The number of hydrogen-bond acceptors (Lipinski definition) is 5. The first-order chi connectivity index (χ1) is 15.4. The maximum Gasteiger partial charge on any atom is 0.230 e. The van der Waals surface area contributed by atoms with E-state index in [1.807, 2.05) is 38.4 Å². The summed E-state index contributed by atoms with van der Waals surface area (Å²) in [5.41, 5.74) is 1.98. The Morgan fingerprint density at radius 2 is 1.91 bits per heavy atom. The summed E-state index contributed by atoms with van der Waals surface area (Å²) in [5, 5.41) is 13.6. The van der Waals surface area contributed by atoms with Gasteiger partial charge in [-0.3, -0.25) is 9.69 Å². The maximum absolute atomic E-state index is 12.5. The predicted octanol–water partition coefficient (Wildman–Crippen LogP) is 5.05. The number of aromatic nitrogens is 3. The summed E-state index contributed by atoms with van der Waals surface area (Å²) in [7, 11) is 4.08. The Morgan fingerprint density at radius 3 is 2.56 bits per heavy atom. The predicted molar refractivity (Wildman–Crippen MR) is 131 cm³/mol. The van der Waals surface area contributed by atoms with Gasteiger partial charge in [-0.15, -0.1) is 10.2 Å². The van der Waals surface area contributed by atoms with Gasteiger partial charge in [-0.2, -0.15) is 0 Å². The van der Waals surface area contributed by atoms with Crippen molar-refractivity contribution in [2.45, 2.75) is 37.6 Å². The molecule has 0 fully saturated rings. The summed E-state index contributed by atoms with van der Waals surface area (Å²) in [6.07, 6.45) is 0.910. The first-order valence-electron chi connectivity index (χ1n) is 10.4. The fraction of sp³-hybridized carbons (Fsp3) is 0.348. The van der Waals surface area contributed by atoms with Gasteiger partial charge in [0.15, 0.2) is 11.0 Å². The third kappa shape index (κ3) is 6.48. The number of amides is 1. The molecule has 32 heavy (non-hydrogen) atoms. The van der Waals surface area contributed by atoms with E-state index in [1.54, 1.807) is 12.1 Å². The molecule has 9 heteroatoms. The minimum absolute atomic E-state index is 0.100. The molecule has 0 aliphatic carbocycles. The largest absolute Gasteiger partial charge is 0.351 e. The number of nitrogens with zero attached hydrogens (tertiary/aromatic N) is 4. The molecule has 1 aromatic heterocycles. The molecule has 0 unspecified atom stereocenters. The third-order valence-corrected chi connectivity index (χ3v) is 6.61. The Morgan fingerprint density at radius 1 is 1.16 bits per heavy atom. The summed E-state index contributed by atoms with van der Waals surface area (Å²) in [6.45, 7) is 3.13. The lowest BCUT2D eigenvalue weighted by Gasteiger charge is -2.23. The lowest BCUT2D eigenvalue weighted by Crippen LogP contribution is -2.25. The van der Waals surface area contributed by atoms with Crippen LogP contribution in [0.5, 0.6) is 0 Å².